The first kappa shape index (κ1) is 13.9. The van der Waals surface area contributed by atoms with Gasteiger partial charge in [0, 0.05) is 24.5 Å². The van der Waals surface area contributed by atoms with Crippen molar-refractivity contribution in [2.75, 3.05) is 5.88 Å². The second-order valence-corrected chi connectivity index (χ2v) is 6.22. The van der Waals surface area contributed by atoms with Crippen molar-refractivity contribution in [1.29, 1.82) is 0 Å². The molecule has 0 spiro atoms. The Morgan fingerprint density at radius 1 is 1.35 bits per heavy atom. The average molecular weight is 292 g/mol. The molecule has 0 bridgehead atoms. The second-order valence-electron chi connectivity index (χ2n) is 5.84. The van der Waals surface area contributed by atoms with Crippen LogP contribution < -0.4 is 0 Å². The first-order valence-corrected chi connectivity index (χ1v) is 8.21. The highest BCUT2D eigenvalue weighted by Crippen LogP contribution is 2.35. The molecule has 0 radical (unpaired) electrons. The number of rotatable bonds is 4. The lowest BCUT2D eigenvalue weighted by Gasteiger charge is -2.30. The van der Waals surface area contributed by atoms with E-state index in [2.05, 4.69) is 22.5 Å². The zero-order valence-corrected chi connectivity index (χ0v) is 12.8. The smallest absolute Gasteiger partial charge is 0.111 e. The summed E-state index contributed by atoms with van der Waals surface area (Å²) in [5, 5.41) is 0. The number of imidazole rings is 1. The number of hydrogen-bond acceptors (Lipinski definition) is 2. The van der Waals surface area contributed by atoms with Crippen LogP contribution in [0.3, 0.4) is 0 Å². The van der Waals surface area contributed by atoms with E-state index < -0.39 is 0 Å². The maximum absolute atomic E-state index is 5.96. The van der Waals surface area contributed by atoms with Gasteiger partial charge >= 0.3 is 0 Å². The van der Waals surface area contributed by atoms with Crippen LogP contribution in [0.15, 0.2) is 18.5 Å². The molecule has 3 rings (SSSR count). The summed E-state index contributed by atoms with van der Waals surface area (Å²) in [6.07, 6.45) is 11.4. The number of fused-ring (bicyclic) bond motifs is 1. The average Bonchev–Trinajstić information content (AvgIpc) is 2.86. The molecule has 0 amide bonds. The molecule has 0 aliphatic heterocycles. The predicted molar refractivity (Wildman–Crippen MR) is 83.2 cm³/mol. The molecule has 1 unspecified atom stereocenters. The fourth-order valence-electron chi connectivity index (χ4n) is 3.54. The Bertz CT molecular complexity index is 572. The van der Waals surface area contributed by atoms with Gasteiger partial charge in [-0.15, -0.1) is 11.6 Å². The van der Waals surface area contributed by atoms with Crippen molar-refractivity contribution in [2.24, 2.45) is 5.92 Å². The molecule has 3 nitrogen and oxygen atoms in total. The summed E-state index contributed by atoms with van der Waals surface area (Å²) < 4.78 is 2.41. The van der Waals surface area contributed by atoms with Gasteiger partial charge in [0.2, 0.25) is 0 Å². The molecule has 20 heavy (non-hydrogen) atoms. The van der Waals surface area contributed by atoms with Gasteiger partial charge < -0.3 is 4.57 Å². The van der Waals surface area contributed by atoms with E-state index in [-0.39, 0.29) is 0 Å². The molecule has 108 valence electrons. The van der Waals surface area contributed by atoms with E-state index in [4.69, 9.17) is 16.6 Å². The molecular formula is C16H22ClN3. The summed E-state index contributed by atoms with van der Waals surface area (Å²) in [6, 6.07) is 2.58. The molecule has 1 aliphatic carbocycles. The number of pyridine rings is 1. The molecule has 2 aromatic heterocycles. The molecule has 0 N–H and O–H groups in total. The zero-order chi connectivity index (χ0) is 13.9. The minimum absolute atomic E-state index is 0.501. The zero-order valence-electron chi connectivity index (χ0n) is 12.1. The van der Waals surface area contributed by atoms with E-state index in [1.807, 2.05) is 12.4 Å². The normalized spacial score (nSPS) is 18.5. The lowest BCUT2D eigenvalue weighted by molar-refractivity contribution is 0.264. The van der Waals surface area contributed by atoms with Gasteiger partial charge in [-0.25, -0.2) is 4.98 Å². The molecule has 0 saturated heterocycles. The number of hydrogen-bond donors (Lipinski definition) is 0. The quantitative estimate of drug-likeness (QED) is 0.784. The number of halogens is 1. The molecular weight excluding hydrogens is 270 g/mol. The van der Waals surface area contributed by atoms with Crippen molar-refractivity contribution in [3.8, 4) is 0 Å². The third kappa shape index (κ3) is 2.56. The highest BCUT2D eigenvalue weighted by Gasteiger charge is 2.24. The highest BCUT2D eigenvalue weighted by atomic mass is 35.5. The number of aryl methyl sites for hydroxylation is 1. The van der Waals surface area contributed by atoms with E-state index >= 15 is 0 Å². The van der Waals surface area contributed by atoms with Crippen molar-refractivity contribution in [1.82, 2.24) is 14.5 Å². The maximum Gasteiger partial charge on any atom is 0.111 e. The Balaban J connectivity index is 2.00. The first-order chi connectivity index (χ1) is 9.81. The van der Waals surface area contributed by atoms with Crippen molar-refractivity contribution >= 4 is 22.6 Å². The Kier molecular flexibility index (Phi) is 4.25. The van der Waals surface area contributed by atoms with E-state index in [9.17, 15) is 0 Å². The number of nitrogens with zero attached hydrogens (tertiary/aromatic N) is 3. The minimum atomic E-state index is 0.501. The van der Waals surface area contributed by atoms with E-state index in [0.29, 0.717) is 11.9 Å². The predicted octanol–water partition coefficient (Wildman–Crippen LogP) is 4.35. The van der Waals surface area contributed by atoms with Crippen LogP contribution in [0.2, 0.25) is 0 Å². The van der Waals surface area contributed by atoms with E-state index in [0.717, 1.165) is 23.7 Å². The summed E-state index contributed by atoms with van der Waals surface area (Å²) in [5.41, 5.74) is 2.20. The third-order valence-corrected chi connectivity index (χ3v) is 4.81. The van der Waals surface area contributed by atoms with Crippen LogP contribution in [0, 0.1) is 5.92 Å². The van der Waals surface area contributed by atoms with Gasteiger partial charge in [0.25, 0.3) is 0 Å². The van der Waals surface area contributed by atoms with Gasteiger partial charge in [0.1, 0.15) is 11.3 Å². The molecule has 1 aliphatic rings. The summed E-state index contributed by atoms with van der Waals surface area (Å²) >= 11 is 5.96. The third-order valence-electron chi connectivity index (χ3n) is 4.62. The molecule has 1 fully saturated rings. The second kappa shape index (κ2) is 6.13. The standard InChI is InChI=1S/C16H22ClN3/c1-12(13-5-3-2-4-6-13)20-15-8-10-18-11-14(15)19-16(20)7-9-17/h8,10-13H,2-7,9H2,1H3. The van der Waals surface area contributed by atoms with Gasteiger partial charge in [-0.1, -0.05) is 19.3 Å². The van der Waals surface area contributed by atoms with Crippen LogP contribution >= 0.6 is 11.6 Å². The lowest BCUT2D eigenvalue weighted by Crippen LogP contribution is -2.21. The largest absolute Gasteiger partial charge is 0.325 e. The fourth-order valence-corrected chi connectivity index (χ4v) is 3.71. The van der Waals surface area contributed by atoms with Gasteiger partial charge in [0.15, 0.2) is 0 Å². The lowest BCUT2D eigenvalue weighted by atomic mass is 9.84. The number of alkyl halides is 1. The van der Waals surface area contributed by atoms with E-state index in [1.54, 1.807) is 0 Å². The van der Waals surface area contributed by atoms with Crippen molar-refractivity contribution in [3.05, 3.63) is 24.3 Å². The molecule has 1 atom stereocenters. The van der Waals surface area contributed by atoms with Crippen LogP contribution in [0.1, 0.15) is 50.9 Å². The van der Waals surface area contributed by atoms with Crippen LogP contribution in [-0.4, -0.2) is 20.4 Å². The number of aromatic nitrogens is 3. The molecule has 2 aromatic rings. The molecule has 1 saturated carbocycles. The highest BCUT2D eigenvalue weighted by molar-refractivity contribution is 6.17. The first-order valence-electron chi connectivity index (χ1n) is 7.68. The molecule has 0 aromatic carbocycles. The minimum Gasteiger partial charge on any atom is -0.325 e. The summed E-state index contributed by atoms with van der Waals surface area (Å²) in [6.45, 7) is 2.34. The Morgan fingerprint density at radius 2 is 2.15 bits per heavy atom. The Hall–Kier alpha value is -1.09. The van der Waals surface area contributed by atoms with Crippen molar-refractivity contribution < 1.29 is 0 Å². The van der Waals surface area contributed by atoms with Crippen LogP contribution in [0.5, 0.6) is 0 Å². The van der Waals surface area contributed by atoms with Gasteiger partial charge in [0.05, 0.1) is 11.7 Å². The topological polar surface area (TPSA) is 30.7 Å². The van der Waals surface area contributed by atoms with Crippen molar-refractivity contribution in [2.45, 2.75) is 51.5 Å². The SMILES string of the molecule is CC(C1CCCCC1)n1c(CCCl)nc2cnccc21. The van der Waals surface area contributed by atoms with Gasteiger partial charge in [-0.05, 0) is 31.7 Å². The van der Waals surface area contributed by atoms with Crippen LogP contribution in [-0.2, 0) is 6.42 Å². The Morgan fingerprint density at radius 3 is 2.90 bits per heavy atom. The molecule has 2 heterocycles. The summed E-state index contributed by atoms with van der Waals surface area (Å²) in [7, 11) is 0. The maximum atomic E-state index is 5.96. The van der Waals surface area contributed by atoms with Gasteiger partial charge in [-0.2, -0.15) is 0 Å². The monoisotopic (exact) mass is 291 g/mol. The van der Waals surface area contributed by atoms with Crippen molar-refractivity contribution in [3.63, 3.8) is 0 Å². The summed E-state index contributed by atoms with van der Waals surface area (Å²) in [5.74, 6) is 2.50. The van der Waals surface area contributed by atoms with Crippen LogP contribution in [0.4, 0.5) is 0 Å². The molecule has 4 heteroatoms. The van der Waals surface area contributed by atoms with Crippen LogP contribution in [0.25, 0.3) is 11.0 Å². The Labute approximate surface area is 125 Å². The summed E-state index contributed by atoms with van der Waals surface area (Å²) in [4.78, 5) is 8.92. The fraction of sp³-hybridized carbons (Fsp3) is 0.625. The van der Waals surface area contributed by atoms with E-state index in [1.165, 1.54) is 37.6 Å². The van der Waals surface area contributed by atoms with Gasteiger partial charge in [-0.3, -0.25) is 4.98 Å².